The first-order chi connectivity index (χ1) is 9.54. The highest BCUT2D eigenvalue weighted by molar-refractivity contribution is 5.88. The number of anilines is 1. The van der Waals surface area contributed by atoms with Gasteiger partial charge in [-0.1, -0.05) is 6.08 Å². The van der Waals surface area contributed by atoms with Gasteiger partial charge in [0.1, 0.15) is 16.5 Å². The lowest BCUT2D eigenvalue weighted by Crippen LogP contribution is -2.07. The zero-order valence-electron chi connectivity index (χ0n) is 10.6. The minimum Gasteiger partial charge on any atom is -0.401 e. The number of furan rings is 1. The Kier molecular flexibility index (Phi) is 3.90. The minimum atomic E-state index is -0.599. The highest BCUT2D eigenvalue weighted by atomic mass is 16.6. The van der Waals surface area contributed by atoms with Crippen molar-refractivity contribution >= 4 is 29.8 Å². The van der Waals surface area contributed by atoms with Gasteiger partial charge in [0.25, 0.3) is 0 Å². The van der Waals surface area contributed by atoms with Crippen LogP contribution in [0.3, 0.4) is 0 Å². The highest BCUT2D eigenvalue weighted by Gasteiger charge is 2.09. The largest absolute Gasteiger partial charge is 0.433 e. The van der Waals surface area contributed by atoms with E-state index in [0.29, 0.717) is 11.6 Å². The first-order valence-electron chi connectivity index (χ1n) is 5.70. The van der Waals surface area contributed by atoms with Crippen LogP contribution in [0.5, 0.6) is 0 Å². The van der Waals surface area contributed by atoms with Gasteiger partial charge in [-0.3, -0.25) is 14.9 Å². The number of nitrogens with zero attached hydrogens (tertiary/aromatic N) is 2. The Balaban J connectivity index is 2.14. The Morgan fingerprint density at radius 1 is 1.40 bits per heavy atom. The molecular weight excluding hydrogens is 262 g/mol. The van der Waals surface area contributed by atoms with Crippen LogP contribution in [0.25, 0.3) is 12.2 Å². The lowest BCUT2D eigenvalue weighted by molar-refractivity contribution is -0.402. The quantitative estimate of drug-likeness (QED) is 0.682. The monoisotopic (exact) mass is 273 g/mol. The Bertz CT molecular complexity index is 676. The van der Waals surface area contributed by atoms with Crippen molar-refractivity contribution < 1.29 is 14.1 Å². The summed E-state index contributed by atoms with van der Waals surface area (Å²) in [6.45, 7) is 1.40. The van der Waals surface area contributed by atoms with E-state index < -0.39 is 4.92 Å². The third-order valence-corrected chi connectivity index (χ3v) is 2.32. The van der Waals surface area contributed by atoms with Gasteiger partial charge in [0.05, 0.1) is 6.07 Å². The molecule has 0 fully saturated rings. The smallest absolute Gasteiger partial charge is 0.401 e. The average Bonchev–Trinajstić information content (AvgIpc) is 2.85. The van der Waals surface area contributed by atoms with E-state index >= 15 is 0 Å². The SMILES string of the molecule is CC(=O)Nc1cc(C=Cc2ccc([N+](=O)[O-])o2)ccn1. The van der Waals surface area contributed by atoms with Crippen LogP contribution in [0.4, 0.5) is 11.7 Å². The summed E-state index contributed by atoms with van der Waals surface area (Å²) < 4.78 is 4.99. The van der Waals surface area contributed by atoms with Gasteiger partial charge in [0, 0.05) is 13.1 Å². The molecule has 2 aromatic heterocycles. The van der Waals surface area contributed by atoms with Gasteiger partial charge in [-0.15, -0.1) is 0 Å². The van der Waals surface area contributed by atoms with Crippen molar-refractivity contribution in [2.45, 2.75) is 6.92 Å². The summed E-state index contributed by atoms with van der Waals surface area (Å²) in [7, 11) is 0. The molecule has 7 heteroatoms. The number of carbonyl (C=O) groups excluding carboxylic acids is 1. The fourth-order valence-corrected chi connectivity index (χ4v) is 1.51. The molecule has 0 aromatic carbocycles. The van der Waals surface area contributed by atoms with E-state index in [9.17, 15) is 14.9 Å². The summed E-state index contributed by atoms with van der Waals surface area (Å²) in [5.74, 6) is 0.290. The van der Waals surface area contributed by atoms with Gasteiger partial charge < -0.3 is 9.73 Å². The molecule has 0 aliphatic heterocycles. The van der Waals surface area contributed by atoms with Crippen LogP contribution in [-0.4, -0.2) is 15.8 Å². The molecule has 102 valence electrons. The molecular formula is C13H11N3O4. The van der Waals surface area contributed by atoms with E-state index in [-0.39, 0.29) is 11.8 Å². The lowest BCUT2D eigenvalue weighted by Gasteiger charge is -2.01. The zero-order valence-corrected chi connectivity index (χ0v) is 10.6. The highest BCUT2D eigenvalue weighted by Crippen LogP contribution is 2.18. The first-order valence-corrected chi connectivity index (χ1v) is 5.70. The molecule has 0 radical (unpaired) electrons. The number of hydrogen-bond donors (Lipinski definition) is 1. The number of rotatable bonds is 4. The summed E-state index contributed by atoms with van der Waals surface area (Å²) in [6, 6.07) is 6.20. The van der Waals surface area contributed by atoms with Crippen molar-refractivity contribution in [2.75, 3.05) is 5.32 Å². The summed E-state index contributed by atoms with van der Waals surface area (Å²) in [5, 5.41) is 13.0. The summed E-state index contributed by atoms with van der Waals surface area (Å²) in [6.07, 6.45) is 4.85. The summed E-state index contributed by atoms with van der Waals surface area (Å²) in [4.78, 5) is 24.8. The Morgan fingerprint density at radius 3 is 2.85 bits per heavy atom. The van der Waals surface area contributed by atoms with Gasteiger partial charge in [0.2, 0.25) is 5.91 Å². The second-order valence-corrected chi connectivity index (χ2v) is 3.92. The van der Waals surface area contributed by atoms with Crippen LogP contribution < -0.4 is 5.32 Å². The second kappa shape index (κ2) is 5.79. The van der Waals surface area contributed by atoms with Crippen LogP contribution in [0.2, 0.25) is 0 Å². The van der Waals surface area contributed by atoms with Crippen molar-refractivity contribution in [3.05, 3.63) is 51.9 Å². The molecule has 2 aromatic rings. The van der Waals surface area contributed by atoms with Gasteiger partial charge in [-0.2, -0.15) is 0 Å². The fourth-order valence-electron chi connectivity index (χ4n) is 1.51. The molecule has 1 amide bonds. The Labute approximate surface area is 114 Å². The molecule has 0 unspecified atom stereocenters. The van der Waals surface area contributed by atoms with Crippen LogP contribution in [-0.2, 0) is 4.79 Å². The van der Waals surface area contributed by atoms with Gasteiger partial charge in [-0.05, 0) is 29.8 Å². The van der Waals surface area contributed by atoms with Crippen LogP contribution >= 0.6 is 0 Å². The molecule has 7 nitrogen and oxygen atoms in total. The average molecular weight is 273 g/mol. The predicted molar refractivity (Wildman–Crippen MR) is 72.8 cm³/mol. The lowest BCUT2D eigenvalue weighted by atomic mass is 10.2. The Hall–Kier alpha value is -2.96. The number of nitrogens with one attached hydrogen (secondary N) is 1. The number of pyridine rings is 1. The molecule has 2 rings (SSSR count). The molecule has 0 spiro atoms. The van der Waals surface area contributed by atoms with E-state index in [1.54, 1.807) is 30.5 Å². The van der Waals surface area contributed by atoms with Gasteiger partial charge in [0.15, 0.2) is 0 Å². The minimum absolute atomic E-state index is 0.208. The molecule has 20 heavy (non-hydrogen) atoms. The topological polar surface area (TPSA) is 98.3 Å². The van der Waals surface area contributed by atoms with Crippen molar-refractivity contribution in [3.8, 4) is 0 Å². The fraction of sp³-hybridized carbons (Fsp3) is 0.0769. The maximum Gasteiger partial charge on any atom is 0.433 e. The predicted octanol–water partition coefficient (Wildman–Crippen LogP) is 2.71. The molecule has 0 aliphatic rings. The summed E-state index contributed by atoms with van der Waals surface area (Å²) in [5.41, 5.74) is 0.780. The normalized spacial score (nSPS) is 10.7. The summed E-state index contributed by atoms with van der Waals surface area (Å²) >= 11 is 0. The maximum absolute atomic E-state index is 10.9. The molecule has 0 saturated heterocycles. The number of hydrogen-bond acceptors (Lipinski definition) is 5. The van der Waals surface area contributed by atoms with Crippen molar-refractivity contribution in [1.29, 1.82) is 0 Å². The molecule has 0 atom stereocenters. The third kappa shape index (κ3) is 3.52. The van der Waals surface area contributed by atoms with Crippen LogP contribution in [0.1, 0.15) is 18.2 Å². The number of nitro groups is 1. The number of carbonyl (C=O) groups is 1. The number of amides is 1. The molecule has 0 saturated carbocycles. The van der Waals surface area contributed by atoms with E-state index in [1.165, 1.54) is 19.1 Å². The van der Waals surface area contributed by atoms with Crippen LogP contribution in [0.15, 0.2) is 34.9 Å². The Morgan fingerprint density at radius 2 is 2.20 bits per heavy atom. The molecule has 0 bridgehead atoms. The van der Waals surface area contributed by atoms with E-state index in [1.807, 2.05) is 0 Å². The molecule has 0 aliphatic carbocycles. The number of aromatic nitrogens is 1. The van der Waals surface area contributed by atoms with E-state index in [2.05, 4.69) is 10.3 Å². The molecule has 2 heterocycles. The van der Waals surface area contributed by atoms with Crippen molar-refractivity contribution in [2.24, 2.45) is 0 Å². The van der Waals surface area contributed by atoms with Crippen molar-refractivity contribution in [1.82, 2.24) is 4.98 Å². The first kappa shape index (κ1) is 13.5. The van der Waals surface area contributed by atoms with Crippen molar-refractivity contribution in [3.63, 3.8) is 0 Å². The van der Waals surface area contributed by atoms with E-state index in [4.69, 9.17) is 4.42 Å². The third-order valence-electron chi connectivity index (χ3n) is 2.32. The van der Waals surface area contributed by atoms with Gasteiger partial charge in [-0.25, -0.2) is 4.98 Å². The maximum atomic E-state index is 10.9. The van der Waals surface area contributed by atoms with E-state index in [0.717, 1.165) is 5.56 Å². The zero-order chi connectivity index (χ0) is 14.5. The second-order valence-electron chi connectivity index (χ2n) is 3.92. The molecule has 1 N–H and O–H groups in total. The van der Waals surface area contributed by atoms with Gasteiger partial charge >= 0.3 is 5.88 Å². The standard InChI is InChI=1S/C13H11N3O4/c1-9(17)15-12-8-10(6-7-14-12)2-3-11-4-5-13(20-11)16(18)19/h2-8H,1H3,(H,14,15,17). The van der Waals surface area contributed by atoms with Crippen LogP contribution in [0, 0.1) is 10.1 Å².